The zero-order valence-electron chi connectivity index (χ0n) is 8.52. The molecule has 86 valence electrons. The fourth-order valence-electron chi connectivity index (χ4n) is 2.40. The van der Waals surface area contributed by atoms with Gasteiger partial charge in [0.05, 0.1) is 5.60 Å². The molecule has 4 nitrogen and oxygen atoms in total. The van der Waals surface area contributed by atoms with Crippen LogP contribution in [0.2, 0.25) is 0 Å². The SMILES string of the molecule is O=C(O)C(O)C1CCOC2(CCSC2)C1. The number of hydrogen-bond donors (Lipinski definition) is 2. The van der Waals surface area contributed by atoms with Gasteiger partial charge < -0.3 is 14.9 Å². The van der Waals surface area contributed by atoms with E-state index in [-0.39, 0.29) is 11.5 Å². The molecular formula is C10H16O4S. The van der Waals surface area contributed by atoms with Crippen LogP contribution in [0, 0.1) is 5.92 Å². The molecule has 2 N–H and O–H groups in total. The zero-order valence-corrected chi connectivity index (χ0v) is 9.33. The molecule has 0 bridgehead atoms. The highest BCUT2D eigenvalue weighted by Crippen LogP contribution is 2.41. The number of aliphatic hydroxyl groups is 1. The number of rotatable bonds is 2. The predicted molar refractivity (Wildman–Crippen MR) is 57.0 cm³/mol. The number of carboxylic acids is 1. The van der Waals surface area contributed by atoms with Crippen molar-refractivity contribution in [1.82, 2.24) is 0 Å². The smallest absolute Gasteiger partial charge is 0.332 e. The van der Waals surface area contributed by atoms with E-state index in [1.165, 1.54) is 0 Å². The third-order valence-electron chi connectivity index (χ3n) is 3.30. The molecule has 3 atom stereocenters. The summed E-state index contributed by atoms with van der Waals surface area (Å²) < 4.78 is 5.76. The summed E-state index contributed by atoms with van der Waals surface area (Å²) in [5.41, 5.74) is -0.149. The first kappa shape index (κ1) is 11.2. The Bertz CT molecular complexity index is 250. The Kier molecular flexibility index (Phi) is 3.23. The third-order valence-corrected chi connectivity index (χ3v) is 4.52. The van der Waals surface area contributed by atoms with Crippen LogP contribution in [0.5, 0.6) is 0 Å². The minimum Gasteiger partial charge on any atom is -0.479 e. The van der Waals surface area contributed by atoms with E-state index in [0.29, 0.717) is 19.4 Å². The van der Waals surface area contributed by atoms with Gasteiger partial charge in [-0.3, -0.25) is 0 Å². The van der Waals surface area contributed by atoms with Crippen molar-refractivity contribution in [2.75, 3.05) is 18.1 Å². The van der Waals surface area contributed by atoms with Crippen LogP contribution in [0.15, 0.2) is 0 Å². The summed E-state index contributed by atoms with van der Waals surface area (Å²) in [6, 6.07) is 0. The minimum absolute atomic E-state index is 0.144. The lowest BCUT2D eigenvalue weighted by Gasteiger charge is -2.38. The monoisotopic (exact) mass is 232 g/mol. The van der Waals surface area contributed by atoms with Crippen LogP contribution in [0.3, 0.4) is 0 Å². The van der Waals surface area contributed by atoms with Gasteiger partial charge in [-0.05, 0) is 25.0 Å². The standard InChI is InChI=1S/C10H16O4S/c11-8(9(12)13)7-1-3-14-10(5-7)2-4-15-6-10/h7-8,11H,1-6H2,(H,12,13). The van der Waals surface area contributed by atoms with E-state index in [2.05, 4.69) is 0 Å². The molecule has 2 aliphatic heterocycles. The van der Waals surface area contributed by atoms with Gasteiger partial charge >= 0.3 is 5.97 Å². The molecule has 15 heavy (non-hydrogen) atoms. The van der Waals surface area contributed by atoms with Crippen LogP contribution in [-0.4, -0.2) is 46.0 Å². The first-order chi connectivity index (χ1) is 7.13. The van der Waals surface area contributed by atoms with Gasteiger partial charge in [-0.2, -0.15) is 11.8 Å². The summed E-state index contributed by atoms with van der Waals surface area (Å²) in [7, 11) is 0. The van der Waals surface area contributed by atoms with E-state index in [4.69, 9.17) is 9.84 Å². The van der Waals surface area contributed by atoms with E-state index in [0.717, 1.165) is 17.9 Å². The Morgan fingerprint density at radius 1 is 1.60 bits per heavy atom. The van der Waals surface area contributed by atoms with Crippen molar-refractivity contribution in [3.63, 3.8) is 0 Å². The molecule has 0 saturated carbocycles. The molecule has 5 heteroatoms. The van der Waals surface area contributed by atoms with Crippen LogP contribution in [-0.2, 0) is 9.53 Å². The van der Waals surface area contributed by atoms with Crippen LogP contribution >= 0.6 is 11.8 Å². The largest absolute Gasteiger partial charge is 0.479 e. The van der Waals surface area contributed by atoms with Gasteiger partial charge in [0.15, 0.2) is 6.10 Å². The summed E-state index contributed by atoms with van der Waals surface area (Å²) in [6.07, 6.45) is 1.10. The first-order valence-corrected chi connectivity index (χ1v) is 6.41. The quantitative estimate of drug-likeness (QED) is 0.735. The zero-order chi connectivity index (χ0) is 10.9. The third kappa shape index (κ3) is 2.29. The number of hydrogen-bond acceptors (Lipinski definition) is 4. The van der Waals surface area contributed by atoms with Gasteiger partial charge in [0.2, 0.25) is 0 Å². The number of ether oxygens (including phenoxy) is 1. The molecule has 0 aromatic rings. The Morgan fingerprint density at radius 3 is 3.00 bits per heavy atom. The van der Waals surface area contributed by atoms with Crippen molar-refractivity contribution in [3.05, 3.63) is 0 Å². The van der Waals surface area contributed by atoms with E-state index >= 15 is 0 Å². The van der Waals surface area contributed by atoms with Crippen molar-refractivity contribution in [3.8, 4) is 0 Å². The van der Waals surface area contributed by atoms with Crippen molar-refractivity contribution in [1.29, 1.82) is 0 Å². The lowest BCUT2D eigenvalue weighted by molar-refractivity contribution is -0.156. The number of aliphatic hydroxyl groups excluding tert-OH is 1. The van der Waals surface area contributed by atoms with Gasteiger partial charge in [0.25, 0.3) is 0 Å². The van der Waals surface area contributed by atoms with E-state index in [1.54, 1.807) is 0 Å². The average Bonchev–Trinajstić information content (AvgIpc) is 2.65. The van der Waals surface area contributed by atoms with Crippen molar-refractivity contribution in [2.24, 2.45) is 5.92 Å². The van der Waals surface area contributed by atoms with Gasteiger partial charge in [0.1, 0.15) is 0 Å². The van der Waals surface area contributed by atoms with Gasteiger partial charge in [0, 0.05) is 18.3 Å². The summed E-state index contributed by atoms with van der Waals surface area (Å²) in [4.78, 5) is 10.7. The highest BCUT2D eigenvalue weighted by Gasteiger charge is 2.43. The summed E-state index contributed by atoms with van der Waals surface area (Å²) in [5.74, 6) is 0.767. The average molecular weight is 232 g/mol. The summed E-state index contributed by atoms with van der Waals surface area (Å²) >= 11 is 1.85. The Labute approximate surface area is 93.0 Å². The molecule has 0 aromatic heterocycles. The number of carboxylic acid groups (broad SMARTS) is 1. The molecular weight excluding hydrogens is 216 g/mol. The normalized spacial score (nSPS) is 38.1. The number of thioether (sulfide) groups is 1. The maximum atomic E-state index is 10.7. The molecule has 2 heterocycles. The van der Waals surface area contributed by atoms with Crippen LogP contribution in [0.4, 0.5) is 0 Å². The predicted octanol–water partition coefficient (Wildman–Crippen LogP) is 0.734. The Hall–Kier alpha value is -0.260. The van der Waals surface area contributed by atoms with Gasteiger partial charge in [-0.25, -0.2) is 4.79 Å². The molecule has 2 aliphatic rings. The highest BCUT2D eigenvalue weighted by molar-refractivity contribution is 7.99. The molecule has 2 saturated heterocycles. The van der Waals surface area contributed by atoms with Gasteiger partial charge in [-0.1, -0.05) is 0 Å². The van der Waals surface area contributed by atoms with Crippen molar-refractivity contribution < 1.29 is 19.7 Å². The van der Waals surface area contributed by atoms with E-state index in [1.807, 2.05) is 11.8 Å². The lowest BCUT2D eigenvalue weighted by atomic mass is 9.82. The molecule has 0 aliphatic carbocycles. The molecule has 0 aromatic carbocycles. The molecule has 2 rings (SSSR count). The summed E-state index contributed by atoms with van der Waals surface area (Å²) in [6.45, 7) is 0.579. The molecule has 3 unspecified atom stereocenters. The first-order valence-electron chi connectivity index (χ1n) is 5.26. The second-order valence-corrected chi connectivity index (χ2v) is 5.48. The molecule has 2 fully saturated rings. The van der Waals surface area contributed by atoms with E-state index in [9.17, 15) is 9.90 Å². The highest BCUT2D eigenvalue weighted by atomic mass is 32.2. The number of carbonyl (C=O) groups is 1. The van der Waals surface area contributed by atoms with E-state index < -0.39 is 12.1 Å². The maximum Gasteiger partial charge on any atom is 0.332 e. The van der Waals surface area contributed by atoms with Crippen LogP contribution in [0.1, 0.15) is 19.3 Å². The second-order valence-electron chi connectivity index (χ2n) is 4.37. The molecule has 0 radical (unpaired) electrons. The minimum atomic E-state index is -1.23. The number of aliphatic carboxylic acids is 1. The van der Waals surface area contributed by atoms with Crippen LogP contribution in [0.25, 0.3) is 0 Å². The molecule has 1 spiro atoms. The van der Waals surface area contributed by atoms with Crippen molar-refractivity contribution in [2.45, 2.75) is 31.0 Å². The lowest BCUT2D eigenvalue weighted by Crippen LogP contribution is -2.45. The Morgan fingerprint density at radius 2 is 2.40 bits per heavy atom. The van der Waals surface area contributed by atoms with Gasteiger partial charge in [-0.15, -0.1) is 0 Å². The topological polar surface area (TPSA) is 66.8 Å². The van der Waals surface area contributed by atoms with Crippen molar-refractivity contribution >= 4 is 17.7 Å². The molecule has 0 amide bonds. The second kappa shape index (κ2) is 4.31. The fraction of sp³-hybridized carbons (Fsp3) is 0.900. The fourth-order valence-corrected chi connectivity index (χ4v) is 3.78. The Balaban J connectivity index is 2.00. The maximum absolute atomic E-state index is 10.7. The summed E-state index contributed by atoms with van der Waals surface area (Å²) in [5, 5.41) is 18.3. The van der Waals surface area contributed by atoms with Crippen LogP contribution < -0.4 is 0 Å².